The fourth-order valence-electron chi connectivity index (χ4n) is 2.28. The number of carbonyl (C=O) groups excluding carboxylic acids is 1. The summed E-state index contributed by atoms with van der Waals surface area (Å²) in [6.45, 7) is 0. The summed E-state index contributed by atoms with van der Waals surface area (Å²) in [7, 11) is 0. The van der Waals surface area contributed by atoms with Crippen LogP contribution in [0.5, 0.6) is 5.75 Å². The van der Waals surface area contributed by atoms with Crippen LogP contribution in [0.2, 0.25) is 0 Å². The molecular weight excluding hydrogens is 307 g/mol. The molecule has 23 heavy (non-hydrogen) atoms. The average Bonchev–Trinajstić information content (AvgIpc) is 3.30. The Bertz CT molecular complexity index is 752. The lowest BCUT2D eigenvalue weighted by Gasteiger charge is -2.11. The van der Waals surface area contributed by atoms with Crippen LogP contribution in [0.25, 0.3) is 11.1 Å². The molecule has 1 saturated carbocycles. The van der Waals surface area contributed by atoms with Crippen molar-refractivity contribution < 1.29 is 23.1 Å². The fraction of sp³-hybridized carbons (Fsp3) is 0.235. The Morgan fingerprint density at radius 2 is 1.83 bits per heavy atom. The van der Waals surface area contributed by atoms with E-state index in [0.717, 1.165) is 18.9 Å². The third-order valence-electron chi connectivity index (χ3n) is 3.62. The highest BCUT2D eigenvalue weighted by atomic mass is 19.4. The molecule has 0 radical (unpaired) electrons. The molecule has 1 aliphatic rings. The molecule has 1 fully saturated rings. The van der Waals surface area contributed by atoms with Gasteiger partial charge in [-0.1, -0.05) is 12.1 Å². The lowest BCUT2D eigenvalue weighted by molar-refractivity contribution is -0.137. The van der Waals surface area contributed by atoms with Crippen molar-refractivity contribution in [3.63, 3.8) is 0 Å². The van der Waals surface area contributed by atoms with E-state index in [1.54, 1.807) is 18.2 Å². The Morgan fingerprint density at radius 1 is 1.09 bits per heavy atom. The van der Waals surface area contributed by atoms with E-state index in [-0.39, 0.29) is 17.5 Å². The molecule has 1 amide bonds. The lowest BCUT2D eigenvalue weighted by Crippen LogP contribution is -2.25. The normalized spacial score (nSPS) is 14.6. The van der Waals surface area contributed by atoms with Crippen LogP contribution in [0.15, 0.2) is 42.5 Å². The molecule has 0 unspecified atom stereocenters. The molecule has 0 aliphatic heterocycles. The number of halogens is 3. The van der Waals surface area contributed by atoms with Gasteiger partial charge in [-0.2, -0.15) is 13.2 Å². The second-order valence-electron chi connectivity index (χ2n) is 5.59. The zero-order chi connectivity index (χ0) is 16.6. The molecule has 3 nitrogen and oxygen atoms in total. The number of phenolic OH excluding ortho intramolecular Hbond substituents is 1. The van der Waals surface area contributed by atoms with Gasteiger partial charge in [0.05, 0.1) is 5.56 Å². The minimum absolute atomic E-state index is 0.198. The summed E-state index contributed by atoms with van der Waals surface area (Å²) < 4.78 is 38.5. The Hall–Kier alpha value is -2.50. The number of alkyl halides is 3. The third-order valence-corrected chi connectivity index (χ3v) is 3.62. The standard InChI is InChI=1S/C17H14F3NO2/c18-17(19,20)13-7-12(8-15(22)9-13)10-2-1-3-11(6-10)16(23)21-14-4-5-14/h1-3,6-9,14,22H,4-5H2,(H,21,23). The smallest absolute Gasteiger partial charge is 0.416 e. The van der Waals surface area contributed by atoms with Crippen molar-refractivity contribution in [3.8, 4) is 16.9 Å². The summed E-state index contributed by atoms with van der Waals surface area (Å²) in [5, 5.41) is 12.4. The zero-order valence-electron chi connectivity index (χ0n) is 12.0. The van der Waals surface area contributed by atoms with Gasteiger partial charge in [0.15, 0.2) is 0 Å². The molecule has 0 bridgehead atoms. The number of carbonyl (C=O) groups is 1. The van der Waals surface area contributed by atoms with Gasteiger partial charge in [0.2, 0.25) is 0 Å². The third kappa shape index (κ3) is 3.64. The van der Waals surface area contributed by atoms with Crippen molar-refractivity contribution in [2.45, 2.75) is 25.1 Å². The highest BCUT2D eigenvalue weighted by molar-refractivity contribution is 5.95. The molecule has 120 valence electrons. The summed E-state index contributed by atoms with van der Waals surface area (Å²) in [4.78, 5) is 12.0. The number of phenols is 1. The molecule has 6 heteroatoms. The van der Waals surface area contributed by atoms with Crippen LogP contribution >= 0.6 is 0 Å². The molecule has 2 N–H and O–H groups in total. The molecule has 1 aliphatic carbocycles. The van der Waals surface area contributed by atoms with Gasteiger partial charge in [0.1, 0.15) is 5.75 Å². The van der Waals surface area contributed by atoms with E-state index < -0.39 is 17.5 Å². The van der Waals surface area contributed by atoms with Gasteiger partial charge in [0, 0.05) is 11.6 Å². The Kier molecular flexibility index (Phi) is 3.75. The second-order valence-corrected chi connectivity index (χ2v) is 5.59. The van der Waals surface area contributed by atoms with E-state index >= 15 is 0 Å². The van der Waals surface area contributed by atoms with Gasteiger partial charge in [0.25, 0.3) is 5.91 Å². The number of nitrogens with one attached hydrogen (secondary N) is 1. The predicted molar refractivity (Wildman–Crippen MR) is 79.0 cm³/mol. The summed E-state index contributed by atoms with van der Waals surface area (Å²) in [6.07, 6.45) is -2.64. The van der Waals surface area contributed by atoms with E-state index in [9.17, 15) is 23.1 Å². The van der Waals surface area contributed by atoms with Crippen LogP contribution < -0.4 is 5.32 Å². The molecule has 0 atom stereocenters. The predicted octanol–water partition coefficient (Wildman–Crippen LogP) is 3.97. The highest BCUT2D eigenvalue weighted by Crippen LogP contribution is 2.35. The minimum atomic E-state index is -4.55. The van der Waals surface area contributed by atoms with Crippen molar-refractivity contribution in [1.82, 2.24) is 5.32 Å². The number of hydrogen-bond donors (Lipinski definition) is 2. The van der Waals surface area contributed by atoms with Crippen LogP contribution in [0.3, 0.4) is 0 Å². The molecule has 0 saturated heterocycles. The Balaban J connectivity index is 1.95. The first-order valence-corrected chi connectivity index (χ1v) is 7.15. The number of aromatic hydroxyl groups is 1. The molecule has 0 heterocycles. The van der Waals surface area contributed by atoms with Gasteiger partial charge < -0.3 is 10.4 Å². The first kappa shape index (κ1) is 15.4. The quantitative estimate of drug-likeness (QED) is 0.898. The molecule has 2 aromatic carbocycles. The van der Waals surface area contributed by atoms with Gasteiger partial charge in [-0.05, 0) is 54.3 Å². The number of hydrogen-bond acceptors (Lipinski definition) is 2. The van der Waals surface area contributed by atoms with E-state index in [1.807, 2.05) is 0 Å². The van der Waals surface area contributed by atoms with Gasteiger partial charge in [-0.25, -0.2) is 0 Å². The second kappa shape index (κ2) is 5.61. The van der Waals surface area contributed by atoms with Crippen LogP contribution in [0.4, 0.5) is 13.2 Å². The maximum atomic E-state index is 12.8. The molecule has 0 aromatic heterocycles. The maximum absolute atomic E-state index is 12.8. The maximum Gasteiger partial charge on any atom is 0.416 e. The number of benzene rings is 2. The van der Waals surface area contributed by atoms with Gasteiger partial charge in [-0.15, -0.1) is 0 Å². The number of amides is 1. The van der Waals surface area contributed by atoms with E-state index in [1.165, 1.54) is 12.1 Å². The van der Waals surface area contributed by atoms with Crippen molar-refractivity contribution in [2.24, 2.45) is 0 Å². The van der Waals surface area contributed by atoms with Crippen LogP contribution in [0, 0.1) is 0 Å². The first-order chi connectivity index (χ1) is 10.8. The van der Waals surface area contributed by atoms with Crippen molar-refractivity contribution in [1.29, 1.82) is 0 Å². The molecule has 2 aromatic rings. The monoisotopic (exact) mass is 321 g/mol. The summed E-state index contributed by atoms with van der Waals surface area (Å²) >= 11 is 0. The SMILES string of the molecule is O=C(NC1CC1)c1cccc(-c2cc(O)cc(C(F)(F)F)c2)c1. The summed E-state index contributed by atoms with van der Waals surface area (Å²) in [6, 6.07) is 9.40. The summed E-state index contributed by atoms with van der Waals surface area (Å²) in [5.74, 6) is -0.715. The largest absolute Gasteiger partial charge is 0.508 e. The van der Waals surface area contributed by atoms with Gasteiger partial charge >= 0.3 is 6.18 Å². The molecule has 0 spiro atoms. The zero-order valence-corrected chi connectivity index (χ0v) is 12.0. The van der Waals surface area contributed by atoms with Crippen molar-refractivity contribution in [3.05, 3.63) is 53.6 Å². The summed E-state index contributed by atoms with van der Waals surface area (Å²) in [5.41, 5.74) is 0.0971. The van der Waals surface area contributed by atoms with E-state index in [4.69, 9.17) is 0 Å². The molecule has 3 rings (SSSR count). The van der Waals surface area contributed by atoms with Crippen molar-refractivity contribution in [2.75, 3.05) is 0 Å². The Labute approximate surface area is 130 Å². The topological polar surface area (TPSA) is 49.3 Å². The minimum Gasteiger partial charge on any atom is -0.508 e. The van der Waals surface area contributed by atoms with Crippen molar-refractivity contribution >= 4 is 5.91 Å². The van der Waals surface area contributed by atoms with E-state index in [2.05, 4.69) is 5.32 Å². The van der Waals surface area contributed by atoms with Crippen LogP contribution in [-0.4, -0.2) is 17.1 Å². The van der Waals surface area contributed by atoms with Crippen LogP contribution in [-0.2, 0) is 6.18 Å². The number of rotatable bonds is 3. The molecular formula is C17H14F3NO2. The Morgan fingerprint density at radius 3 is 2.48 bits per heavy atom. The van der Waals surface area contributed by atoms with Gasteiger partial charge in [-0.3, -0.25) is 4.79 Å². The average molecular weight is 321 g/mol. The van der Waals surface area contributed by atoms with E-state index in [0.29, 0.717) is 17.2 Å². The van der Waals surface area contributed by atoms with Crippen LogP contribution in [0.1, 0.15) is 28.8 Å². The first-order valence-electron chi connectivity index (χ1n) is 7.15. The fourth-order valence-corrected chi connectivity index (χ4v) is 2.28. The lowest BCUT2D eigenvalue weighted by atomic mass is 10.00. The highest BCUT2D eigenvalue weighted by Gasteiger charge is 2.31.